The van der Waals surface area contributed by atoms with Gasteiger partial charge in [-0.05, 0) is 42.4 Å². The summed E-state index contributed by atoms with van der Waals surface area (Å²) in [6.07, 6.45) is 4.70. The lowest BCUT2D eigenvalue weighted by atomic mass is 10.2. The first kappa shape index (κ1) is 37.8. The zero-order chi connectivity index (χ0) is 35.0. The van der Waals surface area contributed by atoms with Crippen LogP contribution in [0.1, 0.15) is 40.8 Å². The number of rotatable bonds is 7. The van der Waals surface area contributed by atoms with Crippen molar-refractivity contribution in [3.63, 3.8) is 0 Å². The largest absolute Gasteiger partial charge is 0.410 e. The van der Waals surface area contributed by atoms with Gasteiger partial charge in [0.2, 0.25) is 11.9 Å². The Bertz CT molecular complexity index is 1590. The van der Waals surface area contributed by atoms with Crippen LogP contribution < -0.4 is 10.9 Å². The monoisotopic (exact) mass is 689 g/mol. The molecule has 1 saturated heterocycles. The van der Waals surface area contributed by atoms with Gasteiger partial charge in [-0.25, -0.2) is 4.98 Å². The van der Waals surface area contributed by atoms with Gasteiger partial charge in [0.25, 0.3) is 5.56 Å². The number of fused-ring (bicyclic) bond motifs is 1. The lowest BCUT2D eigenvalue weighted by Gasteiger charge is -2.40. The standard InChI is InChI=1S/C20H34N5O8PSi.2C5H5N/c1-10(2)16(27)23-19-22-15-12(17(28)24-19)21-9-25(15)18-14(34(29,30)31)13(11(8-26)32-18)33-35(6,7)20(3,4)5;2*1-2-4-6-5-3-1/h9-11,13-14,18,26H,8H2,1-7H3,(H2,29,30,31)(H2,22,23,24,27,28);2*1-5H/t11-,13+,14+,18+;;/m0../s1. The Morgan fingerprint density at radius 2 is 1.64 bits per heavy atom. The van der Waals surface area contributed by atoms with E-state index in [2.05, 4.69) is 30.2 Å². The number of aliphatic hydroxyl groups is 1. The number of H-pyrrole nitrogens is 1. The van der Waals surface area contributed by atoms with E-state index in [1.165, 1.54) is 10.9 Å². The lowest BCUT2D eigenvalue weighted by molar-refractivity contribution is -0.118. The Balaban J connectivity index is 0.000000414. The molecule has 1 amide bonds. The van der Waals surface area contributed by atoms with Crippen molar-refractivity contribution in [1.82, 2.24) is 29.5 Å². The number of carbonyl (C=O) groups is 1. The summed E-state index contributed by atoms with van der Waals surface area (Å²) < 4.78 is 26.2. The van der Waals surface area contributed by atoms with Crippen LogP contribution in [0.4, 0.5) is 5.95 Å². The average Bonchev–Trinajstić information content (AvgIpc) is 3.60. The van der Waals surface area contributed by atoms with E-state index >= 15 is 0 Å². The van der Waals surface area contributed by atoms with Crippen molar-refractivity contribution in [3.05, 3.63) is 77.9 Å². The maximum absolute atomic E-state index is 12.7. The number of aromatic amines is 1. The van der Waals surface area contributed by atoms with Crippen LogP contribution in [0.5, 0.6) is 0 Å². The third-order valence-corrected chi connectivity index (χ3v) is 13.5. The molecule has 5 heterocycles. The van der Waals surface area contributed by atoms with E-state index in [9.17, 15) is 29.0 Å². The Kier molecular flexibility index (Phi) is 12.9. The van der Waals surface area contributed by atoms with Crippen LogP contribution in [-0.2, 0) is 18.5 Å². The second-order valence-corrected chi connectivity index (χ2v) is 19.1. The van der Waals surface area contributed by atoms with Gasteiger partial charge in [0.05, 0.1) is 19.0 Å². The van der Waals surface area contributed by atoms with Crippen LogP contribution in [0.3, 0.4) is 0 Å². The number of aromatic nitrogens is 6. The highest BCUT2D eigenvalue weighted by atomic mass is 31.2. The molecular weight excluding hydrogens is 645 g/mol. The molecule has 4 aromatic rings. The molecular formula is C30H44N7O8PSi. The molecule has 0 saturated carbocycles. The minimum atomic E-state index is -4.86. The van der Waals surface area contributed by atoms with Crippen molar-refractivity contribution >= 4 is 38.9 Å². The number of anilines is 1. The van der Waals surface area contributed by atoms with E-state index in [-0.39, 0.29) is 34.0 Å². The fraction of sp³-hybridized carbons (Fsp3) is 0.467. The number of imidazole rings is 1. The molecule has 1 fully saturated rings. The summed E-state index contributed by atoms with van der Waals surface area (Å²) in [6, 6.07) is 11.4. The van der Waals surface area contributed by atoms with E-state index in [4.69, 9.17) is 9.16 Å². The summed E-state index contributed by atoms with van der Waals surface area (Å²) in [4.78, 5) is 63.6. The summed E-state index contributed by atoms with van der Waals surface area (Å²) in [6.45, 7) is 12.6. The van der Waals surface area contributed by atoms with Gasteiger partial charge in [0.1, 0.15) is 11.8 Å². The fourth-order valence-electron chi connectivity index (χ4n) is 4.17. The lowest BCUT2D eigenvalue weighted by Crippen LogP contribution is -2.49. The molecule has 47 heavy (non-hydrogen) atoms. The first-order valence-corrected chi connectivity index (χ1v) is 19.5. The molecule has 0 spiro atoms. The van der Waals surface area contributed by atoms with Crippen LogP contribution in [-0.4, -0.2) is 83.1 Å². The van der Waals surface area contributed by atoms with Crippen molar-refractivity contribution in [3.8, 4) is 0 Å². The van der Waals surface area contributed by atoms with Crippen LogP contribution in [0, 0.1) is 5.92 Å². The molecule has 0 bridgehead atoms. The number of aliphatic hydroxyl groups excluding tert-OH is 1. The minimum Gasteiger partial charge on any atom is -0.410 e. The van der Waals surface area contributed by atoms with Gasteiger partial charge in [0, 0.05) is 30.7 Å². The maximum atomic E-state index is 12.7. The molecule has 15 nitrogen and oxygen atoms in total. The summed E-state index contributed by atoms with van der Waals surface area (Å²) in [5, 5.41) is 12.2. The quantitative estimate of drug-likeness (QED) is 0.139. The molecule has 0 unspecified atom stereocenters. The highest BCUT2D eigenvalue weighted by Gasteiger charge is 2.57. The van der Waals surface area contributed by atoms with E-state index in [1.54, 1.807) is 38.6 Å². The first-order valence-electron chi connectivity index (χ1n) is 14.9. The zero-order valence-corrected chi connectivity index (χ0v) is 29.4. The van der Waals surface area contributed by atoms with Crippen LogP contribution >= 0.6 is 7.60 Å². The fourth-order valence-corrected chi connectivity index (χ4v) is 6.80. The van der Waals surface area contributed by atoms with Crippen molar-refractivity contribution in [2.45, 2.75) is 76.8 Å². The molecule has 17 heteroatoms. The van der Waals surface area contributed by atoms with Crippen molar-refractivity contribution in [2.24, 2.45) is 5.92 Å². The van der Waals surface area contributed by atoms with Gasteiger partial charge in [0.15, 0.2) is 25.7 Å². The molecule has 0 aromatic carbocycles. The van der Waals surface area contributed by atoms with Crippen LogP contribution in [0.25, 0.3) is 11.2 Å². The van der Waals surface area contributed by atoms with Gasteiger partial charge in [-0.2, -0.15) is 4.98 Å². The van der Waals surface area contributed by atoms with Gasteiger partial charge >= 0.3 is 7.60 Å². The normalized spacial score (nSPS) is 19.8. The number of pyridine rings is 2. The third-order valence-electron chi connectivity index (χ3n) is 7.72. The molecule has 256 valence electrons. The molecule has 5 N–H and O–H groups in total. The van der Waals surface area contributed by atoms with E-state index in [0.717, 1.165) is 0 Å². The van der Waals surface area contributed by atoms with Crippen LogP contribution in [0.2, 0.25) is 18.1 Å². The zero-order valence-electron chi connectivity index (χ0n) is 27.5. The topological polar surface area (TPSA) is 215 Å². The average molecular weight is 690 g/mol. The van der Waals surface area contributed by atoms with Gasteiger partial charge in [-0.15, -0.1) is 0 Å². The second-order valence-electron chi connectivity index (χ2n) is 12.6. The molecule has 5 rings (SSSR count). The number of nitrogens with one attached hydrogen (secondary N) is 2. The van der Waals surface area contributed by atoms with E-state index in [1.807, 2.05) is 70.3 Å². The summed E-state index contributed by atoms with van der Waals surface area (Å²) >= 11 is 0. The Labute approximate surface area is 274 Å². The number of carbonyl (C=O) groups excluding carboxylic acids is 1. The number of amides is 1. The highest BCUT2D eigenvalue weighted by Crippen LogP contribution is 2.55. The Hall–Kier alpha value is -3.63. The number of hydrogen-bond acceptors (Lipinski definition) is 10. The van der Waals surface area contributed by atoms with Gasteiger partial charge in [-0.3, -0.25) is 39.0 Å². The van der Waals surface area contributed by atoms with Crippen molar-refractivity contribution in [2.75, 3.05) is 11.9 Å². The molecule has 4 atom stereocenters. The summed E-state index contributed by atoms with van der Waals surface area (Å²) in [7, 11) is -7.41. The predicted octanol–water partition coefficient (Wildman–Crippen LogP) is 3.70. The number of nitrogens with zero attached hydrogens (tertiary/aromatic N) is 5. The summed E-state index contributed by atoms with van der Waals surface area (Å²) in [5.74, 6) is -0.898. The SMILES string of the molecule is CC(C)C(=O)Nc1nc2c(ncn2[C@@H]2O[C@@H](CO)[C@@H](O[Si](C)(C)C(C)(C)C)[C@H]2P(=O)(O)O)c(=O)[nH]1.c1ccncc1.c1ccncc1. The predicted molar refractivity (Wildman–Crippen MR) is 179 cm³/mol. The smallest absolute Gasteiger partial charge is 0.335 e. The third kappa shape index (κ3) is 9.93. The molecule has 4 aromatic heterocycles. The van der Waals surface area contributed by atoms with E-state index in [0.29, 0.717) is 0 Å². The summed E-state index contributed by atoms with van der Waals surface area (Å²) in [5.41, 5.74) is -2.29. The maximum Gasteiger partial charge on any atom is 0.335 e. The number of ether oxygens (including phenoxy) is 1. The first-order chi connectivity index (χ1) is 22.0. The molecule has 1 aliphatic heterocycles. The molecule has 1 aliphatic rings. The molecule has 0 aliphatic carbocycles. The van der Waals surface area contributed by atoms with E-state index < -0.39 is 52.2 Å². The van der Waals surface area contributed by atoms with Gasteiger partial charge in [-0.1, -0.05) is 46.8 Å². The molecule has 0 radical (unpaired) electrons. The van der Waals surface area contributed by atoms with Gasteiger partial charge < -0.3 is 24.1 Å². The minimum absolute atomic E-state index is 0.0408. The van der Waals surface area contributed by atoms with Crippen LogP contribution in [0.15, 0.2) is 72.3 Å². The second kappa shape index (κ2) is 16.0. The highest BCUT2D eigenvalue weighted by molar-refractivity contribution is 7.52. The number of hydrogen-bond donors (Lipinski definition) is 5. The van der Waals surface area contributed by atoms with Crippen molar-refractivity contribution < 1.29 is 33.4 Å². The Morgan fingerprint density at radius 3 is 2.04 bits per heavy atom. The van der Waals surface area contributed by atoms with Crippen molar-refractivity contribution in [1.29, 1.82) is 0 Å². The Morgan fingerprint density at radius 1 is 1.09 bits per heavy atom.